The minimum atomic E-state index is -0.661. The number of nitrogens with zero attached hydrogens (tertiary/aromatic N) is 1. The summed E-state index contributed by atoms with van der Waals surface area (Å²) >= 11 is 9.91. The van der Waals surface area contributed by atoms with Crippen molar-refractivity contribution in [3.63, 3.8) is 0 Å². The average Bonchev–Trinajstić information content (AvgIpc) is 3.00. The molecule has 3 amide bonds. The van der Waals surface area contributed by atoms with Crippen LogP contribution < -0.4 is 10.7 Å². The highest BCUT2D eigenvalue weighted by Crippen LogP contribution is 2.32. The van der Waals surface area contributed by atoms with Gasteiger partial charge in [0.2, 0.25) is 5.91 Å². The zero-order chi connectivity index (χ0) is 22.1. The number of fused-ring (bicyclic) bond motifs is 1. The van der Waals surface area contributed by atoms with Crippen molar-refractivity contribution in [2.24, 2.45) is 0 Å². The normalized spacial score (nSPS) is 15.2. The number of carbonyl (C=O) groups is 3. The van der Waals surface area contributed by atoms with Crippen LogP contribution in [0.3, 0.4) is 0 Å². The summed E-state index contributed by atoms with van der Waals surface area (Å²) in [6.45, 7) is -0.470. The van der Waals surface area contributed by atoms with Gasteiger partial charge < -0.3 is 9.73 Å². The molecule has 3 aromatic rings. The van der Waals surface area contributed by atoms with Crippen LogP contribution >= 0.6 is 39.3 Å². The molecule has 1 aliphatic heterocycles. The lowest BCUT2D eigenvalue weighted by molar-refractivity contribution is -0.127. The van der Waals surface area contributed by atoms with Gasteiger partial charge in [0.05, 0.1) is 20.9 Å². The van der Waals surface area contributed by atoms with E-state index in [4.69, 9.17) is 16.0 Å². The van der Waals surface area contributed by atoms with Crippen molar-refractivity contribution in [3.8, 4) is 0 Å². The standard InChI is InChI=1S/C21H12BrClN2O5S/c22-14-6-5-12(8-15(14)23)24-18(26)9-25-20(28)17(31-21(25)29)7-11-10-30-16-4-2-1-3-13(16)19(11)27/h1-8,10H,9H2,(H,24,26)/b17-7-. The average molecular weight is 520 g/mol. The molecule has 1 N–H and O–H groups in total. The van der Waals surface area contributed by atoms with Gasteiger partial charge in [-0.3, -0.25) is 24.1 Å². The van der Waals surface area contributed by atoms with Gasteiger partial charge >= 0.3 is 0 Å². The number of imide groups is 1. The highest BCUT2D eigenvalue weighted by atomic mass is 79.9. The fourth-order valence-corrected chi connectivity index (χ4v) is 4.14. The van der Waals surface area contributed by atoms with Crippen LogP contribution in [0, 0.1) is 0 Å². The van der Waals surface area contributed by atoms with E-state index < -0.39 is 23.6 Å². The molecule has 0 bridgehead atoms. The number of anilines is 1. The minimum absolute atomic E-state index is 0.0343. The second kappa shape index (κ2) is 8.70. The number of amides is 3. The third-order valence-electron chi connectivity index (χ3n) is 4.37. The molecular weight excluding hydrogens is 508 g/mol. The van der Waals surface area contributed by atoms with E-state index in [1.54, 1.807) is 36.4 Å². The Morgan fingerprint density at radius 2 is 1.97 bits per heavy atom. The van der Waals surface area contributed by atoms with Crippen LogP contribution in [0.2, 0.25) is 5.02 Å². The van der Waals surface area contributed by atoms with E-state index in [2.05, 4.69) is 21.2 Å². The van der Waals surface area contributed by atoms with Crippen molar-refractivity contribution < 1.29 is 18.8 Å². The molecule has 10 heteroatoms. The Morgan fingerprint density at radius 3 is 2.74 bits per heavy atom. The van der Waals surface area contributed by atoms with E-state index in [0.717, 1.165) is 4.90 Å². The summed E-state index contributed by atoms with van der Waals surface area (Å²) < 4.78 is 6.10. The van der Waals surface area contributed by atoms with Gasteiger partial charge in [0, 0.05) is 10.2 Å². The van der Waals surface area contributed by atoms with Gasteiger partial charge in [-0.05, 0) is 64.1 Å². The smallest absolute Gasteiger partial charge is 0.294 e. The quantitative estimate of drug-likeness (QED) is 0.493. The van der Waals surface area contributed by atoms with Crippen LogP contribution in [0.5, 0.6) is 0 Å². The van der Waals surface area contributed by atoms with Crippen LogP contribution in [0.15, 0.2) is 67.3 Å². The van der Waals surface area contributed by atoms with Crippen LogP contribution in [0.25, 0.3) is 17.0 Å². The number of para-hydroxylation sites is 1. The van der Waals surface area contributed by atoms with Gasteiger partial charge in [0.25, 0.3) is 11.1 Å². The van der Waals surface area contributed by atoms with E-state index in [1.807, 2.05) is 0 Å². The topological polar surface area (TPSA) is 96.7 Å². The summed E-state index contributed by atoms with van der Waals surface area (Å²) in [6, 6.07) is 11.5. The van der Waals surface area contributed by atoms with Gasteiger partial charge in [-0.25, -0.2) is 0 Å². The van der Waals surface area contributed by atoms with Crippen molar-refractivity contribution in [3.05, 3.63) is 78.9 Å². The molecule has 1 fully saturated rings. The first kappa shape index (κ1) is 21.4. The maximum absolute atomic E-state index is 12.7. The van der Waals surface area contributed by atoms with Gasteiger partial charge in [-0.15, -0.1) is 0 Å². The molecule has 31 heavy (non-hydrogen) atoms. The maximum atomic E-state index is 12.7. The predicted molar refractivity (Wildman–Crippen MR) is 123 cm³/mol. The van der Waals surface area contributed by atoms with E-state index in [0.29, 0.717) is 37.9 Å². The monoisotopic (exact) mass is 518 g/mol. The van der Waals surface area contributed by atoms with Crippen molar-refractivity contribution in [1.82, 2.24) is 4.90 Å². The summed E-state index contributed by atoms with van der Waals surface area (Å²) in [4.78, 5) is 50.7. The molecule has 1 aromatic heterocycles. The number of rotatable bonds is 4. The molecule has 1 aliphatic rings. The molecule has 2 heterocycles. The summed E-state index contributed by atoms with van der Waals surface area (Å²) in [5, 5.41) is 2.75. The van der Waals surface area contributed by atoms with Crippen LogP contribution in [0.4, 0.5) is 10.5 Å². The number of hydrogen-bond donors (Lipinski definition) is 1. The maximum Gasteiger partial charge on any atom is 0.294 e. The Morgan fingerprint density at radius 1 is 1.19 bits per heavy atom. The first-order valence-electron chi connectivity index (χ1n) is 8.84. The first-order chi connectivity index (χ1) is 14.8. The van der Waals surface area contributed by atoms with Gasteiger partial charge in [-0.1, -0.05) is 23.7 Å². The molecule has 4 rings (SSSR count). The van der Waals surface area contributed by atoms with E-state index in [-0.39, 0.29) is 15.9 Å². The summed E-state index contributed by atoms with van der Waals surface area (Å²) in [6.07, 6.45) is 2.54. The first-order valence-corrected chi connectivity index (χ1v) is 10.8. The fourth-order valence-electron chi connectivity index (χ4n) is 2.89. The number of benzene rings is 2. The Bertz CT molecular complexity index is 1340. The van der Waals surface area contributed by atoms with Crippen LogP contribution in [-0.4, -0.2) is 28.5 Å². The summed E-state index contributed by atoms with van der Waals surface area (Å²) in [5.74, 6) is -1.22. The van der Waals surface area contributed by atoms with Crippen molar-refractivity contribution in [2.75, 3.05) is 11.9 Å². The number of thioether (sulfide) groups is 1. The fraction of sp³-hybridized carbons (Fsp3) is 0.0476. The predicted octanol–water partition coefficient (Wildman–Crippen LogP) is 4.88. The van der Waals surface area contributed by atoms with E-state index >= 15 is 0 Å². The zero-order valence-electron chi connectivity index (χ0n) is 15.6. The molecule has 156 valence electrons. The molecule has 2 aromatic carbocycles. The minimum Gasteiger partial charge on any atom is -0.463 e. The highest BCUT2D eigenvalue weighted by molar-refractivity contribution is 9.10. The molecule has 0 radical (unpaired) electrons. The Labute approximate surface area is 193 Å². The molecule has 0 aliphatic carbocycles. The van der Waals surface area contributed by atoms with Crippen LogP contribution in [0.1, 0.15) is 5.56 Å². The van der Waals surface area contributed by atoms with Crippen molar-refractivity contribution in [2.45, 2.75) is 0 Å². The second-order valence-electron chi connectivity index (χ2n) is 6.46. The largest absolute Gasteiger partial charge is 0.463 e. The van der Waals surface area contributed by atoms with Gasteiger partial charge in [0.1, 0.15) is 18.4 Å². The van der Waals surface area contributed by atoms with Crippen molar-refractivity contribution in [1.29, 1.82) is 0 Å². The molecule has 0 atom stereocenters. The Kier molecular flexibility index (Phi) is 5.99. The molecule has 0 spiro atoms. The Balaban J connectivity index is 1.52. The number of hydrogen-bond acceptors (Lipinski definition) is 6. The van der Waals surface area contributed by atoms with E-state index in [1.165, 1.54) is 18.4 Å². The molecule has 7 nitrogen and oxygen atoms in total. The molecule has 0 saturated carbocycles. The van der Waals surface area contributed by atoms with Crippen LogP contribution in [-0.2, 0) is 9.59 Å². The van der Waals surface area contributed by atoms with Crippen molar-refractivity contribution >= 4 is 79.1 Å². The number of nitrogens with one attached hydrogen (secondary N) is 1. The molecule has 0 unspecified atom stereocenters. The lowest BCUT2D eigenvalue weighted by atomic mass is 10.1. The highest BCUT2D eigenvalue weighted by Gasteiger charge is 2.36. The van der Waals surface area contributed by atoms with Gasteiger partial charge in [-0.2, -0.15) is 0 Å². The number of carbonyl (C=O) groups excluding carboxylic acids is 3. The lowest BCUT2D eigenvalue weighted by Gasteiger charge is -2.12. The third-order valence-corrected chi connectivity index (χ3v) is 6.51. The third kappa shape index (κ3) is 4.43. The molecule has 1 saturated heterocycles. The number of halogens is 2. The zero-order valence-corrected chi connectivity index (χ0v) is 18.7. The SMILES string of the molecule is O=C(CN1C(=O)S/C(=C\c2coc3ccccc3c2=O)C1=O)Nc1ccc(Br)c(Cl)c1. The lowest BCUT2D eigenvalue weighted by Crippen LogP contribution is -2.36. The Hall–Kier alpha value is -2.88. The van der Waals surface area contributed by atoms with E-state index in [9.17, 15) is 19.2 Å². The second-order valence-corrected chi connectivity index (χ2v) is 8.72. The summed E-state index contributed by atoms with van der Waals surface area (Å²) in [7, 11) is 0. The summed E-state index contributed by atoms with van der Waals surface area (Å²) in [5.41, 5.74) is 0.661. The van der Waals surface area contributed by atoms with Gasteiger partial charge in [0.15, 0.2) is 5.43 Å². The molecular formula is C21H12BrClN2O5S.